The van der Waals surface area contributed by atoms with Crippen LogP contribution < -0.4 is 33.2 Å². The van der Waals surface area contributed by atoms with Crippen molar-refractivity contribution in [2.75, 3.05) is 155 Å². The van der Waals surface area contributed by atoms with Gasteiger partial charge in [-0.2, -0.15) is 5.26 Å². The molecule has 27 nitrogen and oxygen atoms in total. The molecule has 0 bridgehead atoms. The molecule has 1 aliphatic rings. The highest BCUT2D eigenvalue weighted by molar-refractivity contribution is 5.95. The standard InChI is InChI=1S/C33H36O10.C31H42O5.C23H27NO5.C23H28O6/c1-5-17-40-41-19-6-18-39-28-11-13-29(14-12-28)42-33(35)31-16-15-30(22-24(31)2)43-32(34)27-9-7-26(8-10-27)25(3)38-21-20-37-23-36-4;1-4-7-25-8-10-27(11-9-25)28-16-18-30(19-17-28)36-31(32)29-14-12-26(13-15-29)24(2)35-23-6-22-34-21-5-20-33-3;1-18(28-16-4-15-27-14-3-13-26-2)20-7-9-21(10-8-20)23(25)29-22-11-5-19(17-24)6-12-22;1-18(28-17-5-16-27-15-4-14-25-2)19-6-8-20(9-7-19)23(24)29-22-12-10-21(26-3)11-13-22/h5,7-16,22H,1,3,6,17-21,23H2,2,4H3;12-19,25,27H,2,4-11,20-23H2,1,3H3;5-12,18H,3-4,13-16H2,1-2H3;6-13H,1,4-5,14-17H2,2-3H3. The van der Waals surface area contributed by atoms with Gasteiger partial charge in [0, 0.05) is 130 Å². The molecule has 0 saturated heterocycles. The third kappa shape index (κ3) is 43.9. The maximum absolute atomic E-state index is 12.8. The highest BCUT2D eigenvalue weighted by Crippen LogP contribution is 2.38. The molecule has 1 unspecified atom stereocenters. The summed E-state index contributed by atoms with van der Waals surface area (Å²) >= 11 is 0. The average Bonchev–Trinajstić information content (AvgIpc) is 0.439. The smallest absolute Gasteiger partial charge is 0.343 e. The van der Waals surface area contributed by atoms with Crippen molar-refractivity contribution in [2.24, 2.45) is 5.92 Å². The van der Waals surface area contributed by atoms with Crippen molar-refractivity contribution in [1.29, 1.82) is 5.26 Å². The molecule has 0 aromatic heterocycles. The molecule has 0 aliphatic heterocycles. The topological polar surface area (TPSA) is 303 Å². The Labute approximate surface area is 806 Å². The minimum absolute atomic E-state index is 0.0768. The molecular formula is C110H133NO26. The van der Waals surface area contributed by atoms with Gasteiger partial charge >= 0.3 is 29.8 Å². The number of aryl methyl sites for hydroxylation is 1. The molecule has 137 heavy (non-hydrogen) atoms. The molecule has 0 amide bonds. The number of methoxy groups -OCH3 is 5. The van der Waals surface area contributed by atoms with Crippen molar-refractivity contribution in [3.05, 3.63) is 311 Å². The van der Waals surface area contributed by atoms with Crippen LogP contribution in [0, 0.1) is 24.2 Å². The second kappa shape index (κ2) is 66.7. The molecule has 1 fully saturated rings. The number of carbonyl (C=O) groups excluding carboxylic acids is 5. The van der Waals surface area contributed by atoms with Crippen molar-refractivity contribution in [2.45, 2.75) is 116 Å². The number of hydrogen-bond donors (Lipinski definition) is 0. The van der Waals surface area contributed by atoms with Crippen LogP contribution in [0.3, 0.4) is 0 Å². The van der Waals surface area contributed by atoms with Gasteiger partial charge in [-0.15, -0.1) is 6.58 Å². The quantitative estimate of drug-likeness (QED) is 0.00500. The van der Waals surface area contributed by atoms with Gasteiger partial charge < -0.3 is 90.0 Å². The van der Waals surface area contributed by atoms with Gasteiger partial charge in [0.1, 0.15) is 77.5 Å². The van der Waals surface area contributed by atoms with Crippen molar-refractivity contribution in [3.8, 4) is 46.3 Å². The first-order chi connectivity index (χ1) is 66.8. The summed E-state index contributed by atoms with van der Waals surface area (Å²) in [6.07, 6.45) is 15.0. The predicted octanol–water partition coefficient (Wildman–Crippen LogP) is 22.0. The zero-order chi connectivity index (χ0) is 98.3. The molecule has 10 rings (SSSR count). The van der Waals surface area contributed by atoms with E-state index in [1.54, 1.807) is 212 Å². The van der Waals surface area contributed by atoms with E-state index in [1.165, 1.54) is 44.1 Å². The van der Waals surface area contributed by atoms with Crippen molar-refractivity contribution in [3.63, 3.8) is 0 Å². The van der Waals surface area contributed by atoms with Gasteiger partial charge in [-0.3, -0.25) is 0 Å². The lowest BCUT2D eigenvalue weighted by atomic mass is 9.77. The number of hydrogen-bond acceptors (Lipinski definition) is 27. The van der Waals surface area contributed by atoms with Gasteiger partial charge in [0.05, 0.1) is 85.7 Å². The number of esters is 5. The molecular weight excluding hydrogens is 1750 g/mol. The van der Waals surface area contributed by atoms with Crippen LogP contribution in [-0.4, -0.2) is 185 Å². The fourth-order valence-corrected chi connectivity index (χ4v) is 13.4. The maximum atomic E-state index is 12.8. The number of ether oxygens (including phenoxy) is 19. The van der Waals surface area contributed by atoms with Gasteiger partial charge in [0.25, 0.3) is 0 Å². The Bertz CT molecular complexity index is 5030. The summed E-state index contributed by atoms with van der Waals surface area (Å²) in [6, 6.07) is 62.7. The van der Waals surface area contributed by atoms with E-state index in [-0.39, 0.29) is 18.9 Å². The Hall–Kier alpha value is -12.7. The van der Waals surface area contributed by atoms with E-state index in [0.717, 1.165) is 66.7 Å². The lowest BCUT2D eigenvalue weighted by Crippen LogP contribution is -2.13. The third-order valence-electron chi connectivity index (χ3n) is 20.9. The highest BCUT2D eigenvalue weighted by Gasteiger charge is 2.24. The number of rotatable bonds is 59. The summed E-state index contributed by atoms with van der Waals surface area (Å²) in [5, 5.41) is 8.80. The van der Waals surface area contributed by atoms with Crippen LogP contribution in [0.2, 0.25) is 0 Å². The van der Waals surface area contributed by atoms with Crippen LogP contribution in [0.4, 0.5) is 0 Å². The highest BCUT2D eigenvalue weighted by atomic mass is 17.2. The first-order valence-corrected chi connectivity index (χ1v) is 46.1. The van der Waals surface area contributed by atoms with E-state index in [4.69, 9.17) is 105 Å². The van der Waals surface area contributed by atoms with Crippen LogP contribution in [-0.2, 0) is 66.6 Å². The first-order valence-electron chi connectivity index (χ1n) is 46.1. The molecule has 27 heteroatoms. The van der Waals surface area contributed by atoms with Crippen LogP contribution in [0.1, 0.15) is 200 Å². The zero-order valence-corrected chi connectivity index (χ0v) is 80.3. The number of nitrogens with zero attached hydrogens (tertiary/aromatic N) is 1. The van der Waals surface area contributed by atoms with Crippen molar-refractivity contribution < 1.29 is 124 Å². The van der Waals surface area contributed by atoms with Crippen LogP contribution >= 0.6 is 0 Å². The van der Waals surface area contributed by atoms with Crippen LogP contribution in [0.25, 0.3) is 17.3 Å². The predicted molar refractivity (Wildman–Crippen MR) is 524 cm³/mol. The molecule has 9 aromatic carbocycles. The third-order valence-corrected chi connectivity index (χ3v) is 20.9. The molecule has 734 valence electrons. The van der Waals surface area contributed by atoms with E-state index in [2.05, 4.69) is 45.4 Å². The fraction of sp³-hybridized carbons (Fsp3) is 0.382. The van der Waals surface area contributed by atoms with Gasteiger partial charge in [-0.1, -0.05) is 106 Å². The Morgan fingerprint density at radius 3 is 1.19 bits per heavy atom. The normalized spacial score (nSPS) is 12.6. The second-order valence-corrected chi connectivity index (χ2v) is 31.3. The Kier molecular flexibility index (Phi) is 54.2. The van der Waals surface area contributed by atoms with E-state index < -0.39 is 23.9 Å². The monoisotopic (exact) mass is 1880 g/mol. The largest absolute Gasteiger partial charge is 0.497 e. The molecule has 1 atom stereocenters. The van der Waals surface area contributed by atoms with E-state index in [9.17, 15) is 24.0 Å². The SMILES string of the molecule is C=C(OCCCOCCCOC)c1ccc(C(=O)Oc2ccc(C3CCC(CCC)CC3)cc2)cc1.C=C(OCCCOCCCOC)c1ccc(C(=O)Oc2ccc(OC)cc2)cc1.C=CCOOCCCOc1ccc(OC(=O)c2ccc(OC(=O)c3ccc(C(=C)OCCOCOC)cc3)cc2C)cc1.COCCCOCCCOC(C)c1ccc(C(=O)Oc2ccc(C#N)cc2)cc1. The van der Waals surface area contributed by atoms with Crippen molar-refractivity contribution >= 4 is 47.1 Å². The summed E-state index contributed by atoms with van der Waals surface area (Å²) in [7, 11) is 8.17. The summed E-state index contributed by atoms with van der Waals surface area (Å²) in [6.45, 7) is 31.2. The summed E-state index contributed by atoms with van der Waals surface area (Å²) < 4.78 is 102. The number of nitriles is 1. The Balaban J connectivity index is 0.000000252. The van der Waals surface area contributed by atoms with Crippen LogP contribution in [0.15, 0.2) is 245 Å². The Morgan fingerprint density at radius 1 is 0.387 bits per heavy atom. The zero-order valence-electron chi connectivity index (χ0n) is 80.3. The Morgan fingerprint density at radius 2 is 0.766 bits per heavy atom. The van der Waals surface area contributed by atoms with E-state index in [1.807, 2.05) is 49.4 Å². The minimum atomic E-state index is -0.545. The number of benzene rings is 9. The molecule has 0 heterocycles. The van der Waals surface area contributed by atoms with Gasteiger partial charge in [0.2, 0.25) is 0 Å². The van der Waals surface area contributed by atoms with Gasteiger partial charge in [-0.25, -0.2) is 33.7 Å². The fourth-order valence-electron chi connectivity index (χ4n) is 13.4. The summed E-state index contributed by atoms with van der Waals surface area (Å²) in [4.78, 5) is 72.4. The molecule has 0 spiro atoms. The molecule has 1 aliphatic carbocycles. The van der Waals surface area contributed by atoms with Crippen LogP contribution in [0.5, 0.6) is 40.2 Å². The second-order valence-electron chi connectivity index (χ2n) is 31.3. The maximum Gasteiger partial charge on any atom is 0.343 e. The van der Waals surface area contributed by atoms with Gasteiger partial charge in [0.15, 0.2) is 0 Å². The van der Waals surface area contributed by atoms with E-state index >= 15 is 0 Å². The molecule has 1 saturated carbocycles. The lowest BCUT2D eigenvalue weighted by molar-refractivity contribution is -0.287. The molecule has 9 aromatic rings. The molecule has 0 N–H and O–H groups in total. The van der Waals surface area contributed by atoms with Gasteiger partial charge in [-0.05, 0) is 245 Å². The minimum Gasteiger partial charge on any atom is -0.497 e. The van der Waals surface area contributed by atoms with E-state index in [0.29, 0.717) is 221 Å². The lowest BCUT2D eigenvalue weighted by Gasteiger charge is -2.28. The first kappa shape index (κ1) is 111. The van der Waals surface area contributed by atoms with Crippen molar-refractivity contribution in [1.82, 2.24) is 0 Å². The average molecular weight is 1890 g/mol. The summed E-state index contributed by atoms with van der Waals surface area (Å²) in [5.74, 6) is 4.21. The summed E-state index contributed by atoms with van der Waals surface area (Å²) in [5.41, 5.74) is 7.90. The number of carbonyl (C=O) groups is 5. The molecule has 0 radical (unpaired) electrons.